The highest BCUT2D eigenvalue weighted by molar-refractivity contribution is 6.02. The van der Waals surface area contributed by atoms with Gasteiger partial charge < -0.3 is 25.4 Å². The van der Waals surface area contributed by atoms with Gasteiger partial charge in [0, 0.05) is 29.5 Å². The zero-order chi connectivity index (χ0) is 25.1. The number of nitrogens with one attached hydrogen (secondary N) is 2. The first kappa shape index (κ1) is 23.8. The van der Waals surface area contributed by atoms with Crippen molar-refractivity contribution in [3.8, 4) is 16.9 Å². The summed E-state index contributed by atoms with van der Waals surface area (Å²) in [5.74, 6) is -0.826. The Hall–Kier alpha value is -4.33. The minimum Gasteiger partial charge on any atom is -0.497 e. The van der Waals surface area contributed by atoms with Gasteiger partial charge in [0.1, 0.15) is 11.8 Å². The van der Waals surface area contributed by atoms with Gasteiger partial charge in [-0.2, -0.15) is 0 Å². The Morgan fingerprint density at radius 3 is 2.29 bits per heavy atom. The van der Waals surface area contributed by atoms with E-state index in [9.17, 15) is 19.5 Å². The van der Waals surface area contributed by atoms with Crippen LogP contribution in [0.15, 0.2) is 66.7 Å². The summed E-state index contributed by atoms with van der Waals surface area (Å²) in [6, 6.07) is 18.7. The lowest BCUT2D eigenvalue weighted by atomic mass is 10.00. The van der Waals surface area contributed by atoms with Crippen molar-refractivity contribution >= 4 is 29.3 Å². The predicted molar refractivity (Wildman–Crippen MR) is 134 cm³/mol. The highest BCUT2D eigenvalue weighted by Gasteiger charge is 2.38. The van der Waals surface area contributed by atoms with Gasteiger partial charge in [-0.1, -0.05) is 44.2 Å². The lowest BCUT2D eigenvalue weighted by Crippen LogP contribution is -2.44. The number of ether oxygens (including phenoxy) is 1. The summed E-state index contributed by atoms with van der Waals surface area (Å²) in [6.07, 6.45) is 0. The van der Waals surface area contributed by atoms with Gasteiger partial charge in [-0.15, -0.1) is 0 Å². The highest BCUT2D eigenvalue weighted by atomic mass is 16.5. The highest BCUT2D eigenvalue weighted by Crippen LogP contribution is 2.31. The minimum absolute atomic E-state index is 0.202. The van der Waals surface area contributed by atoms with Gasteiger partial charge in [0.05, 0.1) is 7.11 Å². The third kappa shape index (κ3) is 5.11. The molecule has 1 heterocycles. The lowest BCUT2D eigenvalue weighted by molar-refractivity contribution is -0.144. The molecule has 35 heavy (non-hydrogen) atoms. The number of hydrogen-bond acceptors (Lipinski definition) is 4. The van der Waals surface area contributed by atoms with Crippen LogP contribution in [0.25, 0.3) is 11.1 Å². The molecule has 1 aliphatic rings. The second-order valence-electron chi connectivity index (χ2n) is 8.72. The predicted octanol–water partition coefficient (Wildman–Crippen LogP) is 5.07. The van der Waals surface area contributed by atoms with E-state index in [1.54, 1.807) is 63.4 Å². The molecular weight excluding hydrogens is 446 g/mol. The Labute approximate surface area is 203 Å². The Morgan fingerprint density at radius 2 is 1.63 bits per heavy atom. The Kier molecular flexibility index (Phi) is 6.73. The number of rotatable bonds is 7. The maximum absolute atomic E-state index is 13.0. The molecule has 0 radical (unpaired) electrons. The van der Waals surface area contributed by atoms with Crippen molar-refractivity contribution in [1.82, 2.24) is 4.90 Å². The molecule has 0 aromatic heterocycles. The molecule has 8 heteroatoms. The van der Waals surface area contributed by atoms with Gasteiger partial charge >= 0.3 is 12.0 Å². The maximum Gasteiger partial charge on any atom is 0.326 e. The van der Waals surface area contributed by atoms with Crippen molar-refractivity contribution < 1.29 is 24.2 Å². The number of benzene rings is 3. The molecule has 180 valence electrons. The Balaban J connectivity index is 1.46. The largest absolute Gasteiger partial charge is 0.497 e. The van der Waals surface area contributed by atoms with E-state index in [0.717, 1.165) is 16.7 Å². The average molecular weight is 474 g/mol. The number of amides is 3. The van der Waals surface area contributed by atoms with E-state index in [4.69, 9.17) is 4.74 Å². The van der Waals surface area contributed by atoms with Crippen molar-refractivity contribution in [2.24, 2.45) is 5.92 Å². The average Bonchev–Trinajstić information content (AvgIpc) is 3.14. The number of aliphatic carboxylic acids is 1. The number of nitrogens with zero attached hydrogens (tertiary/aromatic N) is 1. The maximum atomic E-state index is 13.0. The van der Waals surface area contributed by atoms with Crippen molar-refractivity contribution in [2.75, 3.05) is 17.7 Å². The van der Waals surface area contributed by atoms with E-state index < -0.39 is 12.0 Å². The van der Waals surface area contributed by atoms with Crippen LogP contribution in [0.1, 0.15) is 29.8 Å². The first-order chi connectivity index (χ1) is 16.8. The normalized spacial score (nSPS) is 13.4. The van der Waals surface area contributed by atoms with Gasteiger partial charge in [-0.05, 0) is 52.9 Å². The van der Waals surface area contributed by atoms with E-state index >= 15 is 0 Å². The first-order valence-corrected chi connectivity index (χ1v) is 11.3. The number of carboxylic acids is 1. The van der Waals surface area contributed by atoms with Crippen LogP contribution in [-0.4, -0.2) is 41.1 Å². The zero-order valence-corrected chi connectivity index (χ0v) is 19.7. The molecule has 3 N–H and O–H groups in total. The molecule has 1 atom stereocenters. The molecule has 0 saturated heterocycles. The van der Waals surface area contributed by atoms with Gasteiger partial charge in [0.25, 0.3) is 5.91 Å². The number of hydrogen-bond donors (Lipinski definition) is 3. The second-order valence-corrected chi connectivity index (χ2v) is 8.72. The van der Waals surface area contributed by atoms with Gasteiger partial charge in [0.2, 0.25) is 0 Å². The molecule has 1 aliphatic heterocycles. The van der Waals surface area contributed by atoms with Crippen LogP contribution < -0.4 is 15.4 Å². The molecular formula is C27H27N3O5. The molecule has 3 aromatic rings. The fraction of sp³-hybridized carbons (Fsp3) is 0.222. The summed E-state index contributed by atoms with van der Waals surface area (Å²) in [6.45, 7) is 3.88. The van der Waals surface area contributed by atoms with Crippen LogP contribution in [0, 0.1) is 5.92 Å². The molecule has 0 aliphatic carbocycles. The Morgan fingerprint density at radius 1 is 0.943 bits per heavy atom. The molecule has 3 amide bonds. The molecule has 4 rings (SSSR count). The van der Waals surface area contributed by atoms with E-state index in [-0.39, 0.29) is 24.4 Å². The molecule has 0 spiro atoms. The summed E-state index contributed by atoms with van der Waals surface area (Å²) >= 11 is 0. The number of anilines is 2. The van der Waals surface area contributed by atoms with Crippen LogP contribution in [0.5, 0.6) is 5.75 Å². The summed E-state index contributed by atoms with van der Waals surface area (Å²) in [5.41, 5.74) is 4.27. The second kappa shape index (κ2) is 9.89. The summed E-state index contributed by atoms with van der Waals surface area (Å²) in [4.78, 5) is 38.5. The quantitative estimate of drug-likeness (QED) is 0.444. The molecule has 0 fully saturated rings. The van der Waals surface area contributed by atoms with Gasteiger partial charge in [-0.25, -0.2) is 9.59 Å². The van der Waals surface area contributed by atoms with Crippen molar-refractivity contribution in [2.45, 2.75) is 26.4 Å². The third-order valence-electron chi connectivity index (χ3n) is 5.97. The number of carboxylic acid groups (broad SMARTS) is 1. The summed E-state index contributed by atoms with van der Waals surface area (Å²) in [5, 5.41) is 15.1. The van der Waals surface area contributed by atoms with Crippen LogP contribution in [0.2, 0.25) is 0 Å². The number of carbonyl (C=O) groups is 3. The smallest absolute Gasteiger partial charge is 0.326 e. The molecule has 8 nitrogen and oxygen atoms in total. The standard InChI is InChI=1S/C27H27N3O5/c1-16(2)24(26(32)33)30-15-19-8-7-18(13-23(19)25(30)31)17-9-11-20(12-10-17)28-27(34)29-21-5-4-6-22(14-21)35-3/h4-14,16,24H,15H2,1-3H3,(H,32,33)(H2,28,29,34). The third-order valence-corrected chi connectivity index (χ3v) is 5.97. The molecule has 1 unspecified atom stereocenters. The van der Waals surface area contributed by atoms with E-state index in [0.29, 0.717) is 22.7 Å². The molecule has 0 bridgehead atoms. The fourth-order valence-electron chi connectivity index (χ4n) is 4.25. The van der Waals surface area contributed by atoms with Crippen molar-refractivity contribution in [3.05, 3.63) is 77.9 Å². The van der Waals surface area contributed by atoms with E-state index in [1.807, 2.05) is 24.3 Å². The fourth-order valence-corrected chi connectivity index (χ4v) is 4.25. The van der Waals surface area contributed by atoms with E-state index in [2.05, 4.69) is 10.6 Å². The number of carbonyl (C=O) groups excluding carboxylic acids is 2. The van der Waals surface area contributed by atoms with Crippen LogP contribution >= 0.6 is 0 Å². The van der Waals surface area contributed by atoms with Crippen molar-refractivity contribution in [1.29, 1.82) is 0 Å². The first-order valence-electron chi connectivity index (χ1n) is 11.3. The van der Waals surface area contributed by atoms with Crippen LogP contribution in [0.3, 0.4) is 0 Å². The monoisotopic (exact) mass is 473 g/mol. The summed E-state index contributed by atoms with van der Waals surface area (Å²) in [7, 11) is 1.56. The van der Waals surface area contributed by atoms with Crippen LogP contribution in [0.4, 0.5) is 16.2 Å². The molecule has 3 aromatic carbocycles. The minimum atomic E-state index is -1.00. The lowest BCUT2D eigenvalue weighted by Gasteiger charge is -2.27. The van der Waals surface area contributed by atoms with Gasteiger partial charge in [-0.3, -0.25) is 4.79 Å². The van der Waals surface area contributed by atoms with Crippen molar-refractivity contribution in [3.63, 3.8) is 0 Å². The SMILES string of the molecule is COc1cccc(NC(=O)Nc2ccc(-c3ccc4c(c3)C(=O)N(C(C(=O)O)C(C)C)C4)cc2)c1. The Bertz CT molecular complexity index is 1270. The number of fused-ring (bicyclic) bond motifs is 1. The number of methoxy groups -OCH3 is 1. The number of urea groups is 1. The van der Waals surface area contributed by atoms with Crippen LogP contribution in [-0.2, 0) is 11.3 Å². The topological polar surface area (TPSA) is 108 Å². The molecule has 0 saturated carbocycles. The van der Waals surface area contributed by atoms with E-state index in [1.165, 1.54) is 4.90 Å². The zero-order valence-electron chi connectivity index (χ0n) is 19.7. The van der Waals surface area contributed by atoms with Gasteiger partial charge in [0.15, 0.2) is 0 Å². The summed E-state index contributed by atoms with van der Waals surface area (Å²) < 4.78 is 5.16.